The van der Waals surface area contributed by atoms with Crippen LogP contribution >= 0.6 is 0 Å². The van der Waals surface area contributed by atoms with Crippen LogP contribution in [0.3, 0.4) is 0 Å². The maximum Gasteiger partial charge on any atom is 0.416 e. The number of sulfonamides is 2. The molecule has 1 fully saturated rings. The smallest absolute Gasteiger partial charge is 0.416 e. The van der Waals surface area contributed by atoms with Crippen molar-refractivity contribution in [2.45, 2.75) is 17.5 Å². The van der Waals surface area contributed by atoms with Crippen LogP contribution in [0.15, 0.2) is 47.4 Å². The van der Waals surface area contributed by atoms with Crippen LogP contribution in [0.2, 0.25) is 0 Å². The normalized spacial score (nSPS) is 16.5. The van der Waals surface area contributed by atoms with Gasteiger partial charge >= 0.3 is 6.18 Å². The van der Waals surface area contributed by atoms with Crippen molar-refractivity contribution in [3.05, 3.63) is 48.0 Å². The number of anilines is 2. The number of carbonyl (C=O) groups excluding carboxylic acids is 1. The number of nitrogens with zero attached hydrogens (tertiary/aromatic N) is 1. The Hall–Kier alpha value is -2.80. The number of halogens is 3. The summed E-state index contributed by atoms with van der Waals surface area (Å²) in [4.78, 5) is 11.4. The molecule has 1 amide bonds. The van der Waals surface area contributed by atoms with Crippen molar-refractivity contribution in [1.29, 1.82) is 0 Å². The minimum absolute atomic E-state index is 0.192. The molecular formula is C17H15F3N2O6S2. The third-order valence-corrected chi connectivity index (χ3v) is 7.29. The monoisotopic (exact) mass is 464 g/mol. The first-order valence-corrected chi connectivity index (χ1v) is 11.4. The van der Waals surface area contributed by atoms with Crippen molar-refractivity contribution in [2.24, 2.45) is 0 Å². The van der Waals surface area contributed by atoms with Gasteiger partial charge in [-0.3, -0.25) is 9.52 Å². The lowest BCUT2D eigenvalue weighted by Crippen LogP contribution is -2.29. The predicted molar refractivity (Wildman–Crippen MR) is 101 cm³/mol. The molecule has 0 bridgehead atoms. The molecule has 162 valence electrons. The lowest BCUT2D eigenvalue weighted by atomic mass is 10.2. The second kappa shape index (κ2) is 7.47. The molecule has 0 radical (unpaired) electrons. The summed E-state index contributed by atoms with van der Waals surface area (Å²) in [5, 5.41) is 0. The zero-order valence-electron chi connectivity index (χ0n) is 15.3. The summed E-state index contributed by atoms with van der Waals surface area (Å²) in [6.07, 6.45) is -4.93. The highest BCUT2D eigenvalue weighted by Gasteiger charge is 2.37. The van der Waals surface area contributed by atoms with E-state index in [9.17, 15) is 34.8 Å². The molecule has 0 spiro atoms. The van der Waals surface area contributed by atoms with E-state index in [0.29, 0.717) is 10.4 Å². The highest BCUT2D eigenvalue weighted by molar-refractivity contribution is 7.94. The SMILES string of the molecule is COc1ccc(N2C(=O)CCS2(=O)=O)cc1S(=O)(=O)Nc1cccc(C(F)(F)F)c1. The van der Waals surface area contributed by atoms with E-state index in [1.807, 2.05) is 4.72 Å². The summed E-state index contributed by atoms with van der Waals surface area (Å²) < 4.78 is 96.0. The van der Waals surface area contributed by atoms with Crippen molar-refractivity contribution in [2.75, 3.05) is 21.9 Å². The van der Waals surface area contributed by atoms with Crippen LogP contribution in [0.25, 0.3) is 0 Å². The van der Waals surface area contributed by atoms with Crippen molar-refractivity contribution in [3.63, 3.8) is 0 Å². The maximum atomic E-state index is 12.9. The lowest BCUT2D eigenvalue weighted by Gasteiger charge is -2.18. The molecule has 3 rings (SSSR count). The van der Waals surface area contributed by atoms with E-state index < -0.39 is 48.3 Å². The van der Waals surface area contributed by atoms with Gasteiger partial charge < -0.3 is 4.74 Å². The molecule has 30 heavy (non-hydrogen) atoms. The fourth-order valence-electron chi connectivity index (χ4n) is 2.84. The zero-order valence-corrected chi connectivity index (χ0v) is 16.9. The van der Waals surface area contributed by atoms with Crippen LogP contribution in [0.4, 0.5) is 24.5 Å². The average molecular weight is 464 g/mol. The number of hydrogen-bond donors (Lipinski definition) is 1. The number of ether oxygens (including phenoxy) is 1. The number of amides is 1. The molecule has 0 aromatic heterocycles. The van der Waals surface area contributed by atoms with Crippen LogP contribution < -0.4 is 13.8 Å². The zero-order chi connectivity index (χ0) is 22.3. The maximum absolute atomic E-state index is 12.9. The Kier molecular flexibility index (Phi) is 5.45. The van der Waals surface area contributed by atoms with E-state index in [1.54, 1.807) is 0 Å². The number of methoxy groups -OCH3 is 1. The molecule has 13 heteroatoms. The second-order valence-electron chi connectivity index (χ2n) is 6.24. The number of benzene rings is 2. The second-order valence-corrected chi connectivity index (χ2v) is 9.83. The molecule has 1 aliphatic rings. The fraction of sp³-hybridized carbons (Fsp3) is 0.235. The molecule has 0 aliphatic carbocycles. The first-order valence-electron chi connectivity index (χ1n) is 8.29. The first kappa shape index (κ1) is 21.9. The third kappa shape index (κ3) is 4.21. The molecule has 0 unspecified atom stereocenters. The van der Waals surface area contributed by atoms with E-state index in [0.717, 1.165) is 37.4 Å². The molecule has 1 aliphatic heterocycles. The van der Waals surface area contributed by atoms with E-state index >= 15 is 0 Å². The van der Waals surface area contributed by atoms with E-state index in [4.69, 9.17) is 4.74 Å². The molecule has 1 saturated heterocycles. The number of hydrogen-bond acceptors (Lipinski definition) is 6. The van der Waals surface area contributed by atoms with Gasteiger partial charge in [0.15, 0.2) is 0 Å². The Labute approximate surface area is 170 Å². The molecular weight excluding hydrogens is 449 g/mol. The minimum atomic E-state index is -4.68. The van der Waals surface area contributed by atoms with Gasteiger partial charge in [-0.25, -0.2) is 21.1 Å². The number of alkyl halides is 3. The van der Waals surface area contributed by atoms with Gasteiger partial charge in [-0.1, -0.05) is 6.07 Å². The van der Waals surface area contributed by atoms with Gasteiger partial charge in [0.25, 0.3) is 10.0 Å². The molecule has 0 saturated carbocycles. The number of rotatable bonds is 5. The van der Waals surface area contributed by atoms with E-state index in [1.165, 1.54) is 6.07 Å². The Morgan fingerprint density at radius 2 is 1.83 bits per heavy atom. The van der Waals surface area contributed by atoms with E-state index in [-0.39, 0.29) is 23.5 Å². The Morgan fingerprint density at radius 1 is 1.13 bits per heavy atom. The van der Waals surface area contributed by atoms with E-state index in [2.05, 4.69) is 0 Å². The summed E-state index contributed by atoms with van der Waals surface area (Å²) in [7, 11) is -7.29. The van der Waals surface area contributed by atoms with Crippen molar-refractivity contribution in [1.82, 2.24) is 0 Å². The number of nitrogens with one attached hydrogen (secondary N) is 1. The molecule has 1 heterocycles. The van der Waals surface area contributed by atoms with Crippen LogP contribution in [-0.4, -0.2) is 35.6 Å². The number of carbonyl (C=O) groups is 1. The minimum Gasteiger partial charge on any atom is -0.495 e. The van der Waals surface area contributed by atoms with Crippen LogP contribution in [0.5, 0.6) is 5.75 Å². The van der Waals surface area contributed by atoms with Gasteiger partial charge in [-0.15, -0.1) is 0 Å². The summed E-state index contributed by atoms with van der Waals surface area (Å²) >= 11 is 0. The van der Waals surface area contributed by atoms with Crippen LogP contribution in [-0.2, 0) is 31.0 Å². The molecule has 0 atom stereocenters. The highest BCUT2D eigenvalue weighted by atomic mass is 32.2. The van der Waals surface area contributed by atoms with Gasteiger partial charge in [0.05, 0.1) is 24.1 Å². The van der Waals surface area contributed by atoms with Crippen molar-refractivity contribution >= 4 is 37.3 Å². The highest BCUT2D eigenvalue weighted by Crippen LogP contribution is 2.35. The largest absolute Gasteiger partial charge is 0.495 e. The van der Waals surface area contributed by atoms with Gasteiger partial charge in [-0.2, -0.15) is 13.2 Å². The van der Waals surface area contributed by atoms with Gasteiger partial charge in [-0.05, 0) is 36.4 Å². The van der Waals surface area contributed by atoms with Gasteiger partial charge in [0, 0.05) is 12.1 Å². The van der Waals surface area contributed by atoms with Crippen LogP contribution in [0, 0.1) is 0 Å². The average Bonchev–Trinajstić information content (AvgIpc) is 2.93. The third-order valence-electron chi connectivity index (χ3n) is 4.19. The summed E-state index contributed by atoms with van der Waals surface area (Å²) in [6.45, 7) is 0. The van der Waals surface area contributed by atoms with Gasteiger partial charge in [0.2, 0.25) is 15.9 Å². The topological polar surface area (TPSA) is 110 Å². The molecule has 8 nitrogen and oxygen atoms in total. The lowest BCUT2D eigenvalue weighted by molar-refractivity contribution is -0.137. The van der Waals surface area contributed by atoms with Crippen molar-refractivity contribution in [3.8, 4) is 5.75 Å². The Bertz CT molecular complexity index is 1210. The Balaban J connectivity index is 2.05. The molecule has 1 N–H and O–H groups in total. The van der Waals surface area contributed by atoms with Crippen molar-refractivity contribution < 1.29 is 39.5 Å². The standard InChI is InChI=1S/C17H15F3N2O6S2/c1-28-14-6-5-13(22-16(23)7-8-29(22,24)25)10-15(14)30(26,27)21-12-4-2-3-11(9-12)17(18,19)20/h2-6,9-10,21H,7-8H2,1H3. The molecule has 2 aromatic carbocycles. The summed E-state index contributed by atoms with van der Waals surface area (Å²) in [6, 6.07) is 6.81. The summed E-state index contributed by atoms with van der Waals surface area (Å²) in [5.41, 5.74) is -1.64. The molecule has 2 aromatic rings. The first-order chi connectivity index (χ1) is 13.8. The van der Waals surface area contributed by atoms with Crippen LogP contribution in [0.1, 0.15) is 12.0 Å². The quantitative estimate of drug-likeness (QED) is 0.729. The predicted octanol–water partition coefficient (Wildman–Crippen LogP) is 2.58. The Morgan fingerprint density at radius 3 is 2.40 bits per heavy atom. The fourth-order valence-corrected chi connectivity index (χ4v) is 5.53. The summed E-state index contributed by atoms with van der Waals surface area (Å²) in [5.74, 6) is -1.33. The van der Waals surface area contributed by atoms with Gasteiger partial charge in [0.1, 0.15) is 10.6 Å².